The molecule has 0 aromatic carbocycles. The molecule has 0 aromatic rings. The maximum atomic E-state index is 5.54. The number of nitrogens with zero attached hydrogens (tertiary/aromatic N) is 2. The van der Waals surface area contributed by atoms with E-state index in [4.69, 9.17) is 4.74 Å². The monoisotopic (exact) mass is 396 g/mol. The summed E-state index contributed by atoms with van der Waals surface area (Å²) in [6, 6.07) is 0.617. The summed E-state index contributed by atoms with van der Waals surface area (Å²) in [6.45, 7) is 11.4. The Morgan fingerprint density at radius 1 is 1.45 bits per heavy atom. The van der Waals surface area contributed by atoms with E-state index in [2.05, 4.69) is 41.3 Å². The van der Waals surface area contributed by atoms with Gasteiger partial charge in [0.15, 0.2) is 5.96 Å². The minimum Gasteiger partial charge on any atom is -0.378 e. The molecule has 0 radical (unpaired) electrons. The number of aliphatic imine (C=N–C) groups is 1. The van der Waals surface area contributed by atoms with E-state index in [9.17, 15) is 0 Å². The van der Waals surface area contributed by atoms with Gasteiger partial charge in [-0.15, -0.1) is 24.0 Å². The van der Waals surface area contributed by atoms with Gasteiger partial charge in [0.2, 0.25) is 0 Å². The molecule has 0 amide bonds. The van der Waals surface area contributed by atoms with Gasteiger partial charge in [0, 0.05) is 38.3 Å². The Bertz CT molecular complexity index is 335. The zero-order chi connectivity index (χ0) is 13.9. The number of hydrogen-bond acceptors (Lipinski definition) is 3. The molecule has 2 fully saturated rings. The van der Waals surface area contributed by atoms with Crippen molar-refractivity contribution in [2.75, 3.05) is 39.9 Å². The number of hydrogen-bond donors (Lipinski definition) is 2. The zero-order valence-electron chi connectivity index (χ0n) is 13.1. The number of rotatable bonds is 4. The van der Waals surface area contributed by atoms with Crippen LogP contribution in [0.25, 0.3) is 0 Å². The van der Waals surface area contributed by atoms with E-state index in [1.807, 2.05) is 7.05 Å². The quantitative estimate of drug-likeness (QED) is 0.427. The normalized spacial score (nSPS) is 29.5. The van der Waals surface area contributed by atoms with Gasteiger partial charge in [-0.3, -0.25) is 9.89 Å². The zero-order valence-corrected chi connectivity index (χ0v) is 15.4. The van der Waals surface area contributed by atoms with Crippen molar-refractivity contribution in [1.82, 2.24) is 15.5 Å². The molecule has 1 saturated heterocycles. The Morgan fingerprint density at radius 2 is 2.15 bits per heavy atom. The van der Waals surface area contributed by atoms with Gasteiger partial charge in [0.1, 0.15) is 0 Å². The third kappa shape index (κ3) is 5.04. The summed E-state index contributed by atoms with van der Waals surface area (Å²) in [5, 5.41) is 6.85. The van der Waals surface area contributed by atoms with Crippen molar-refractivity contribution in [2.24, 2.45) is 10.9 Å². The molecular weight excluding hydrogens is 367 g/mol. The molecule has 2 rings (SSSR count). The number of halogens is 1. The molecule has 1 aliphatic heterocycles. The highest BCUT2D eigenvalue weighted by Gasteiger charge is 2.33. The average Bonchev–Trinajstić information content (AvgIpc) is 3.05. The lowest BCUT2D eigenvalue weighted by Crippen LogP contribution is -2.55. The fourth-order valence-corrected chi connectivity index (χ4v) is 2.51. The highest BCUT2D eigenvalue weighted by atomic mass is 127. The summed E-state index contributed by atoms with van der Waals surface area (Å²) in [4.78, 5) is 6.76. The first-order valence-corrected chi connectivity index (χ1v) is 7.33. The lowest BCUT2D eigenvalue weighted by molar-refractivity contribution is -0.0496. The van der Waals surface area contributed by atoms with Crippen LogP contribution in [-0.4, -0.2) is 62.3 Å². The van der Waals surface area contributed by atoms with E-state index in [0.717, 1.165) is 44.7 Å². The number of nitrogens with one attached hydrogen (secondary N) is 2. The van der Waals surface area contributed by atoms with Crippen LogP contribution in [-0.2, 0) is 4.74 Å². The first kappa shape index (κ1) is 18.0. The van der Waals surface area contributed by atoms with Crippen LogP contribution < -0.4 is 10.6 Å². The van der Waals surface area contributed by atoms with Crippen LogP contribution >= 0.6 is 24.0 Å². The number of guanidine groups is 1. The second-order valence-corrected chi connectivity index (χ2v) is 6.31. The molecule has 2 aliphatic rings. The summed E-state index contributed by atoms with van der Waals surface area (Å²) < 4.78 is 5.54. The van der Waals surface area contributed by atoms with Gasteiger partial charge in [-0.2, -0.15) is 0 Å². The third-order valence-corrected chi connectivity index (χ3v) is 4.15. The Labute approximate surface area is 139 Å². The van der Waals surface area contributed by atoms with Crippen LogP contribution in [0.3, 0.4) is 0 Å². The second-order valence-electron chi connectivity index (χ2n) is 6.31. The van der Waals surface area contributed by atoms with Crippen molar-refractivity contribution in [1.29, 1.82) is 0 Å². The van der Waals surface area contributed by atoms with E-state index in [1.165, 1.54) is 6.42 Å². The summed E-state index contributed by atoms with van der Waals surface area (Å²) in [5.41, 5.74) is 0.141. The largest absolute Gasteiger partial charge is 0.378 e. The van der Waals surface area contributed by atoms with E-state index < -0.39 is 0 Å². The fraction of sp³-hybridized carbons (Fsp3) is 0.929. The summed E-state index contributed by atoms with van der Waals surface area (Å²) in [7, 11) is 1.83. The van der Waals surface area contributed by atoms with Crippen molar-refractivity contribution in [2.45, 2.75) is 38.8 Å². The minimum absolute atomic E-state index is 0. The van der Waals surface area contributed by atoms with Crippen molar-refractivity contribution in [3.05, 3.63) is 0 Å². The van der Waals surface area contributed by atoms with Gasteiger partial charge in [-0.05, 0) is 26.2 Å². The van der Waals surface area contributed by atoms with Gasteiger partial charge < -0.3 is 15.4 Å². The molecule has 118 valence electrons. The smallest absolute Gasteiger partial charge is 0.191 e. The van der Waals surface area contributed by atoms with Crippen molar-refractivity contribution >= 4 is 29.9 Å². The van der Waals surface area contributed by atoms with Crippen molar-refractivity contribution < 1.29 is 4.74 Å². The van der Waals surface area contributed by atoms with Gasteiger partial charge in [0.25, 0.3) is 0 Å². The van der Waals surface area contributed by atoms with Gasteiger partial charge in [-0.25, -0.2) is 0 Å². The highest BCUT2D eigenvalue weighted by molar-refractivity contribution is 14.0. The Hall–Kier alpha value is -0.0800. The van der Waals surface area contributed by atoms with Crippen LogP contribution in [0.4, 0.5) is 0 Å². The molecular formula is C14H29IN4O. The van der Waals surface area contributed by atoms with E-state index in [0.29, 0.717) is 6.04 Å². The molecule has 1 aliphatic carbocycles. The summed E-state index contributed by atoms with van der Waals surface area (Å²) >= 11 is 0. The predicted molar refractivity (Wildman–Crippen MR) is 94.0 cm³/mol. The molecule has 20 heavy (non-hydrogen) atoms. The van der Waals surface area contributed by atoms with Gasteiger partial charge >= 0.3 is 0 Å². The molecule has 0 bridgehead atoms. The number of morpholine rings is 1. The average molecular weight is 396 g/mol. The predicted octanol–water partition coefficient (Wildman–Crippen LogP) is 1.29. The van der Waals surface area contributed by atoms with E-state index >= 15 is 0 Å². The molecule has 2 N–H and O–H groups in total. The summed E-state index contributed by atoms with van der Waals surface area (Å²) in [5.74, 6) is 1.72. The molecule has 2 unspecified atom stereocenters. The standard InChI is InChI=1S/C14H28N4O.HI/c1-11-9-12(11)17-13(15-4)16-5-6-18-7-8-19-10-14(18,2)3;/h11-12H,5-10H2,1-4H3,(H2,15,16,17);1H. The van der Waals surface area contributed by atoms with Gasteiger partial charge in [0.05, 0.1) is 13.2 Å². The van der Waals surface area contributed by atoms with E-state index in [1.54, 1.807) is 0 Å². The SMILES string of the molecule is CN=C(NCCN1CCOCC1(C)C)NC1CC1C.I. The first-order chi connectivity index (χ1) is 9.03. The first-order valence-electron chi connectivity index (χ1n) is 7.33. The molecule has 2 atom stereocenters. The Balaban J connectivity index is 0.00000200. The minimum atomic E-state index is 0. The van der Waals surface area contributed by atoms with Crippen LogP contribution in [0.15, 0.2) is 4.99 Å². The Morgan fingerprint density at radius 3 is 2.70 bits per heavy atom. The van der Waals surface area contributed by atoms with Crippen LogP contribution in [0.1, 0.15) is 27.2 Å². The van der Waals surface area contributed by atoms with Crippen molar-refractivity contribution in [3.63, 3.8) is 0 Å². The summed E-state index contributed by atoms with van der Waals surface area (Å²) in [6.07, 6.45) is 1.26. The third-order valence-electron chi connectivity index (χ3n) is 4.15. The maximum Gasteiger partial charge on any atom is 0.191 e. The number of ether oxygens (including phenoxy) is 1. The van der Waals surface area contributed by atoms with Crippen molar-refractivity contribution in [3.8, 4) is 0 Å². The molecule has 6 heteroatoms. The lowest BCUT2D eigenvalue weighted by atomic mass is 10.0. The molecule has 5 nitrogen and oxygen atoms in total. The Kier molecular flexibility index (Phi) is 7.00. The topological polar surface area (TPSA) is 48.9 Å². The fourth-order valence-electron chi connectivity index (χ4n) is 2.51. The second kappa shape index (κ2) is 7.79. The maximum absolute atomic E-state index is 5.54. The van der Waals surface area contributed by atoms with Gasteiger partial charge in [-0.1, -0.05) is 6.92 Å². The highest BCUT2D eigenvalue weighted by Crippen LogP contribution is 2.28. The molecule has 0 aromatic heterocycles. The molecule has 1 heterocycles. The molecule has 1 saturated carbocycles. The molecule has 0 spiro atoms. The van der Waals surface area contributed by atoms with Crippen LogP contribution in [0.2, 0.25) is 0 Å². The van der Waals surface area contributed by atoms with E-state index in [-0.39, 0.29) is 29.5 Å². The van der Waals surface area contributed by atoms with Crippen LogP contribution in [0.5, 0.6) is 0 Å². The van der Waals surface area contributed by atoms with Crippen LogP contribution in [0, 0.1) is 5.92 Å². The lowest BCUT2D eigenvalue weighted by Gasteiger charge is -2.42.